The van der Waals surface area contributed by atoms with Gasteiger partial charge in [-0.3, -0.25) is 9.48 Å². The highest BCUT2D eigenvalue weighted by Gasteiger charge is 2.13. The Kier molecular flexibility index (Phi) is 4.32. The molecule has 3 nitrogen and oxygen atoms in total. The minimum atomic E-state index is -0.385. The monoisotopic (exact) mass is 274 g/mol. The molecule has 20 heavy (non-hydrogen) atoms. The number of ketones is 1. The Morgan fingerprint density at radius 3 is 2.85 bits per heavy atom. The second-order valence-corrected chi connectivity index (χ2v) is 5.10. The number of hydrogen-bond acceptors (Lipinski definition) is 2. The van der Waals surface area contributed by atoms with Crippen LogP contribution in [0.5, 0.6) is 0 Å². The smallest absolute Gasteiger partial charge is 0.169 e. The first kappa shape index (κ1) is 14.4. The van der Waals surface area contributed by atoms with Gasteiger partial charge in [0.05, 0.1) is 12.1 Å². The van der Waals surface area contributed by atoms with E-state index in [9.17, 15) is 9.18 Å². The van der Waals surface area contributed by atoms with E-state index < -0.39 is 0 Å². The van der Waals surface area contributed by atoms with Gasteiger partial charge in [0.25, 0.3) is 0 Å². The Hall–Kier alpha value is -1.97. The molecule has 0 saturated heterocycles. The molecule has 4 heteroatoms. The standard InChI is InChI=1S/C16H19FN2O/c1-4-12(3)19-8-7-14(18-19)10-16(20)15-9-13(17)6-5-11(15)2/h5-9,12H,4,10H2,1-3H3. The third kappa shape index (κ3) is 3.13. The summed E-state index contributed by atoms with van der Waals surface area (Å²) in [5, 5.41) is 4.40. The van der Waals surface area contributed by atoms with E-state index in [-0.39, 0.29) is 18.0 Å². The van der Waals surface area contributed by atoms with Crippen molar-refractivity contribution in [1.29, 1.82) is 0 Å². The summed E-state index contributed by atoms with van der Waals surface area (Å²) in [6.45, 7) is 5.98. The molecule has 0 aliphatic carbocycles. The van der Waals surface area contributed by atoms with Crippen molar-refractivity contribution in [3.05, 3.63) is 53.1 Å². The van der Waals surface area contributed by atoms with E-state index in [0.717, 1.165) is 17.7 Å². The summed E-state index contributed by atoms with van der Waals surface area (Å²) in [7, 11) is 0. The highest BCUT2D eigenvalue weighted by molar-refractivity contribution is 5.98. The van der Waals surface area contributed by atoms with Gasteiger partial charge in [-0.05, 0) is 44.0 Å². The molecule has 0 fully saturated rings. The third-order valence-corrected chi connectivity index (χ3v) is 3.55. The van der Waals surface area contributed by atoms with Crippen LogP contribution in [0.1, 0.15) is 47.9 Å². The molecule has 0 radical (unpaired) electrons. The number of carbonyl (C=O) groups excluding carboxylic acids is 1. The van der Waals surface area contributed by atoms with Crippen LogP contribution in [0.4, 0.5) is 4.39 Å². The van der Waals surface area contributed by atoms with Gasteiger partial charge >= 0.3 is 0 Å². The van der Waals surface area contributed by atoms with Gasteiger partial charge in [0, 0.05) is 17.8 Å². The summed E-state index contributed by atoms with van der Waals surface area (Å²) in [6, 6.07) is 6.45. The quantitative estimate of drug-likeness (QED) is 0.779. The van der Waals surface area contributed by atoms with Crippen LogP contribution in [-0.4, -0.2) is 15.6 Å². The van der Waals surface area contributed by atoms with Gasteiger partial charge < -0.3 is 0 Å². The van der Waals surface area contributed by atoms with Crippen molar-refractivity contribution < 1.29 is 9.18 Å². The molecule has 0 saturated carbocycles. The number of carbonyl (C=O) groups is 1. The lowest BCUT2D eigenvalue weighted by atomic mass is 10.0. The van der Waals surface area contributed by atoms with Gasteiger partial charge in [0.2, 0.25) is 0 Å². The molecule has 0 aliphatic heterocycles. The van der Waals surface area contributed by atoms with Crippen molar-refractivity contribution >= 4 is 5.78 Å². The van der Waals surface area contributed by atoms with Crippen LogP contribution in [0.25, 0.3) is 0 Å². The fourth-order valence-corrected chi connectivity index (χ4v) is 2.06. The number of aryl methyl sites for hydroxylation is 1. The molecule has 0 N–H and O–H groups in total. The normalized spacial score (nSPS) is 12.4. The second kappa shape index (κ2) is 5.99. The van der Waals surface area contributed by atoms with Crippen molar-refractivity contribution in [2.75, 3.05) is 0 Å². The van der Waals surface area contributed by atoms with Crippen LogP contribution in [0.15, 0.2) is 30.5 Å². The number of Topliss-reactive ketones (excluding diaryl/α,β-unsaturated/α-hetero) is 1. The van der Waals surface area contributed by atoms with Gasteiger partial charge in [-0.15, -0.1) is 0 Å². The van der Waals surface area contributed by atoms with E-state index in [1.807, 2.05) is 23.9 Å². The molecule has 1 aromatic heterocycles. The zero-order valence-corrected chi connectivity index (χ0v) is 12.1. The highest BCUT2D eigenvalue weighted by Crippen LogP contribution is 2.14. The van der Waals surface area contributed by atoms with Gasteiger partial charge in [-0.1, -0.05) is 13.0 Å². The molecule has 0 spiro atoms. The summed E-state index contributed by atoms with van der Waals surface area (Å²) >= 11 is 0. The molecular formula is C16H19FN2O. The summed E-state index contributed by atoms with van der Waals surface area (Å²) in [4.78, 5) is 12.2. The largest absolute Gasteiger partial charge is 0.294 e. The van der Waals surface area contributed by atoms with E-state index in [2.05, 4.69) is 18.9 Å². The zero-order valence-electron chi connectivity index (χ0n) is 12.1. The Balaban J connectivity index is 2.15. The van der Waals surface area contributed by atoms with Crippen molar-refractivity contribution in [3.8, 4) is 0 Å². The molecule has 2 rings (SSSR count). The molecule has 1 unspecified atom stereocenters. The summed E-state index contributed by atoms with van der Waals surface area (Å²) in [5.74, 6) is -0.486. The van der Waals surface area contributed by atoms with Crippen LogP contribution < -0.4 is 0 Å². The molecule has 1 aromatic carbocycles. The molecule has 106 valence electrons. The van der Waals surface area contributed by atoms with Gasteiger partial charge in [0.1, 0.15) is 5.82 Å². The Morgan fingerprint density at radius 1 is 1.40 bits per heavy atom. The van der Waals surface area contributed by atoms with Crippen molar-refractivity contribution in [3.63, 3.8) is 0 Å². The van der Waals surface area contributed by atoms with Gasteiger partial charge in [-0.25, -0.2) is 4.39 Å². The van der Waals surface area contributed by atoms with Crippen LogP contribution in [0.2, 0.25) is 0 Å². The Bertz CT molecular complexity index is 619. The number of halogens is 1. The number of hydrogen-bond donors (Lipinski definition) is 0. The van der Waals surface area contributed by atoms with E-state index >= 15 is 0 Å². The first-order valence-electron chi connectivity index (χ1n) is 6.84. The molecule has 0 amide bonds. The maximum absolute atomic E-state index is 13.2. The number of nitrogens with zero attached hydrogens (tertiary/aromatic N) is 2. The number of rotatable bonds is 5. The van der Waals surface area contributed by atoms with E-state index in [1.54, 1.807) is 6.07 Å². The predicted molar refractivity (Wildman–Crippen MR) is 76.4 cm³/mol. The lowest BCUT2D eigenvalue weighted by Crippen LogP contribution is -2.09. The third-order valence-electron chi connectivity index (χ3n) is 3.55. The van der Waals surface area contributed by atoms with Crippen LogP contribution in [0, 0.1) is 12.7 Å². The minimum absolute atomic E-state index is 0.101. The topological polar surface area (TPSA) is 34.9 Å². The Morgan fingerprint density at radius 2 is 2.15 bits per heavy atom. The van der Waals surface area contributed by atoms with Crippen molar-refractivity contribution in [2.45, 2.75) is 39.7 Å². The molecule has 1 atom stereocenters. The average molecular weight is 274 g/mol. The van der Waals surface area contributed by atoms with Crippen LogP contribution in [-0.2, 0) is 6.42 Å². The highest BCUT2D eigenvalue weighted by atomic mass is 19.1. The van der Waals surface area contributed by atoms with Gasteiger partial charge in [0.15, 0.2) is 5.78 Å². The Labute approximate surface area is 118 Å². The molecule has 1 heterocycles. The maximum atomic E-state index is 13.2. The molecular weight excluding hydrogens is 255 g/mol. The lowest BCUT2D eigenvalue weighted by Gasteiger charge is -2.08. The molecule has 0 aliphatic rings. The first-order chi connectivity index (χ1) is 9.51. The predicted octanol–water partition coefficient (Wildman–Crippen LogP) is 3.73. The number of aromatic nitrogens is 2. The SMILES string of the molecule is CCC(C)n1ccc(CC(=O)c2cc(F)ccc2C)n1. The second-order valence-electron chi connectivity index (χ2n) is 5.10. The van der Waals surface area contributed by atoms with Crippen molar-refractivity contribution in [2.24, 2.45) is 0 Å². The van der Waals surface area contributed by atoms with E-state index in [0.29, 0.717) is 11.6 Å². The summed E-state index contributed by atoms with van der Waals surface area (Å²) in [6.07, 6.45) is 3.07. The van der Waals surface area contributed by atoms with Crippen LogP contribution in [0.3, 0.4) is 0 Å². The first-order valence-corrected chi connectivity index (χ1v) is 6.84. The molecule has 2 aromatic rings. The summed E-state index contributed by atoms with van der Waals surface area (Å²) in [5.41, 5.74) is 1.94. The van der Waals surface area contributed by atoms with Crippen LogP contribution >= 0.6 is 0 Å². The van der Waals surface area contributed by atoms with Crippen molar-refractivity contribution in [1.82, 2.24) is 9.78 Å². The summed E-state index contributed by atoms with van der Waals surface area (Å²) < 4.78 is 15.1. The minimum Gasteiger partial charge on any atom is -0.294 e. The average Bonchev–Trinajstić information content (AvgIpc) is 2.89. The maximum Gasteiger partial charge on any atom is 0.169 e. The molecule has 0 bridgehead atoms. The van der Waals surface area contributed by atoms with E-state index in [4.69, 9.17) is 0 Å². The van der Waals surface area contributed by atoms with E-state index in [1.165, 1.54) is 12.1 Å². The fourth-order valence-electron chi connectivity index (χ4n) is 2.06. The zero-order chi connectivity index (χ0) is 14.7. The number of benzene rings is 1. The van der Waals surface area contributed by atoms with Gasteiger partial charge in [-0.2, -0.15) is 5.10 Å². The lowest BCUT2D eigenvalue weighted by molar-refractivity contribution is 0.0990. The fraction of sp³-hybridized carbons (Fsp3) is 0.375.